The van der Waals surface area contributed by atoms with E-state index in [9.17, 15) is 0 Å². The highest BCUT2D eigenvalue weighted by Crippen LogP contribution is 1.84. The normalized spacial score (nSPS) is 10.2. The molecule has 4 nitrogen and oxygen atoms in total. The van der Waals surface area contributed by atoms with E-state index in [1.54, 1.807) is 11.0 Å². The Balaban J connectivity index is 3.76. The van der Waals surface area contributed by atoms with Gasteiger partial charge in [-0.25, -0.2) is 4.99 Å². The zero-order chi connectivity index (χ0) is 9.40. The average Bonchev–Trinajstić information content (AvgIpc) is 2.10. The molecule has 0 rings (SSSR count). The van der Waals surface area contributed by atoms with Gasteiger partial charge in [-0.05, 0) is 7.05 Å². The summed E-state index contributed by atoms with van der Waals surface area (Å²) in [6.07, 6.45) is 3.07. The van der Waals surface area contributed by atoms with E-state index in [0.717, 1.165) is 13.1 Å². The number of rotatable bonds is 4. The first-order chi connectivity index (χ1) is 5.72. The number of nitrogens with zero attached hydrogens (tertiary/aromatic N) is 2. The van der Waals surface area contributed by atoms with Crippen molar-refractivity contribution in [3.8, 4) is 0 Å². The van der Waals surface area contributed by atoms with Crippen LogP contribution in [-0.2, 0) is 0 Å². The maximum atomic E-state index is 7.43. The van der Waals surface area contributed by atoms with Crippen LogP contribution in [0, 0.1) is 5.41 Å². The first-order valence-electron chi connectivity index (χ1n) is 3.81. The van der Waals surface area contributed by atoms with Crippen molar-refractivity contribution in [1.29, 1.82) is 5.41 Å². The summed E-state index contributed by atoms with van der Waals surface area (Å²) in [4.78, 5) is 5.59. The van der Waals surface area contributed by atoms with Gasteiger partial charge in [0.1, 0.15) is 0 Å². The van der Waals surface area contributed by atoms with Crippen LogP contribution in [-0.4, -0.2) is 44.3 Å². The number of nitrogens with one attached hydrogen (secondary N) is 2. The second-order valence-electron chi connectivity index (χ2n) is 2.36. The van der Waals surface area contributed by atoms with Crippen LogP contribution in [0.2, 0.25) is 0 Å². The molecule has 0 bridgehead atoms. The summed E-state index contributed by atoms with van der Waals surface area (Å²) < 4.78 is 0. The highest BCUT2D eigenvalue weighted by atomic mass is 15.2. The molecular formula is C8H16N4. The predicted molar refractivity (Wildman–Crippen MR) is 53.0 cm³/mol. The number of allylic oxidation sites excluding steroid dienone is 1. The van der Waals surface area contributed by atoms with Gasteiger partial charge in [-0.15, -0.1) is 0 Å². The fourth-order valence-electron chi connectivity index (χ4n) is 0.607. The predicted octanol–water partition coefficient (Wildman–Crippen LogP) is 0.329. The van der Waals surface area contributed by atoms with Crippen LogP contribution in [0.4, 0.5) is 0 Å². The molecule has 0 saturated heterocycles. The molecule has 0 saturated carbocycles. The number of guanidine groups is 1. The summed E-state index contributed by atoms with van der Waals surface area (Å²) in [5.74, 6) is 0.255. The number of aliphatic imine (C=N–C) groups is 1. The summed E-state index contributed by atoms with van der Waals surface area (Å²) in [5, 5.41) is 10.4. The van der Waals surface area contributed by atoms with Crippen LogP contribution in [0.15, 0.2) is 17.6 Å². The second-order valence-corrected chi connectivity index (χ2v) is 2.36. The van der Waals surface area contributed by atoms with E-state index < -0.39 is 0 Å². The maximum Gasteiger partial charge on any atom is 0.217 e. The fraction of sp³-hybridized carbons (Fsp3) is 0.500. The Morgan fingerprint density at radius 1 is 1.75 bits per heavy atom. The van der Waals surface area contributed by atoms with E-state index in [1.165, 1.54) is 6.21 Å². The minimum atomic E-state index is 0.255. The van der Waals surface area contributed by atoms with Gasteiger partial charge >= 0.3 is 0 Å². The van der Waals surface area contributed by atoms with Gasteiger partial charge in [0, 0.05) is 26.4 Å². The average molecular weight is 168 g/mol. The summed E-state index contributed by atoms with van der Waals surface area (Å²) in [7, 11) is 3.71. The Morgan fingerprint density at radius 3 is 2.92 bits per heavy atom. The third-order valence-corrected chi connectivity index (χ3v) is 1.36. The topological polar surface area (TPSA) is 51.5 Å². The molecule has 0 fully saturated rings. The van der Waals surface area contributed by atoms with Crippen LogP contribution in [0.25, 0.3) is 0 Å². The Kier molecular flexibility index (Phi) is 5.91. The van der Waals surface area contributed by atoms with E-state index >= 15 is 0 Å². The second kappa shape index (κ2) is 6.54. The first kappa shape index (κ1) is 10.8. The Labute approximate surface area is 73.5 Å². The lowest BCUT2D eigenvalue weighted by atomic mass is 10.5. The highest BCUT2D eigenvalue weighted by Gasteiger charge is 1.98. The van der Waals surface area contributed by atoms with Gasteiger partial charge in [-0.3, -0.25) is 5.41 Å². The molecule has 0 aliphatic heterocycles. The van der Waals surface area contributed by atoms with Gasteiger partial charge in [0.05, 0.1) is 0 Å². The zero-order valence-corrected chi connectivity index (χ0v) is 7.67. The van der Waals surface area contributed by atoms with E-state index in [0.29, 0.717) is 0 Å². The zero-order valence-electron chi connectivity index (χ0n) is 7.67. The molecule has 0 aromatic heterocycles. The molecule has 0 radical (unpaired) electrons. The summed E-state index contributed by atoms with van der Waals surface area (Å²) >= 11 is 0. The Hall–Kier alpha value is -1.16. The van der Waals surface area contributed by atoms with Crippen molar-refractivity contribution in [2.75, 3.05) is 27.2 Å². The van der Waals surface area contributed by atoms with Crippen molar-refractivity contribution in [1.82, 2.24) is 10.2 Å². The fourth-order valence-corrected chi connectivity index (χ4v) is 0.607. The number of hydrogen-bond donors (Lipinski definition) is 2. The monoisotopic (exact) mass is 168 g/mol. The van der Waals surface area contributed by atoms with E-state index in [-0.39, 0.29) is 5.96 Å². The maximum absolute atomic E-state index is 7.43. The molecule has 0 aliphatic rings. The van der Waals surface area contributed by atoms with Crippen molar-refractivity contribution in [2.24, 2.45) is 4.99 Å². The molecule has 0 unspecified atom stereocenters. The standard InChI is InChI=1S/C8H16N4/c1-4-5-11-8(9)12(3)7-6-10-2/h4-5,9-10H,1,6-7H2,2-3H3. The quantitative estimate of drug-likeness (QED) is 0.469. The first-order valence-corrected chi connectivity index (χ1v) is 3.81. The third kappa shape index (κ3) is 4.62. The van der Waals surface area contributed by atoms with Gasteiger partial charge < -0.3 is 10.2 Å². The minimum Gasteiger partial charge on any atom is -0.343 e. The lowest BCUT2D eigenvalue weighted by molar-refractivity contribution is 0.487. The van der Waals surface area contributed by atoms with Crippen LogP contribution in [0.3, 0.4) is 0 Å². The summed E-state index contributed by atoms with van der Waals surface area (Å²) in [5.41, 5.74) is 0. The van der Waals surface area contributed by atoms with Crippen molar-refractivity contribution < 1.29 is 0 Å². The lowest BCUT2D eigenvalue weighted by Crippen LogP contribution is -2.31. The molecule has 0 spiro atoms. The third-order valence-electron chi connectivity index (χ3n) is 1.36. The van der Waals surface area contributed by atoms with Gasteiger partial charge in [0.15, 0.2) is 0 Å². The molecule has 4 heteroatoms. The molecule has 0 aromatic carbocycles. The van der Waals surface area contributed by atoms with Crippen LogP contribution >= 0.6 is 0 Å². The van der Waals surface area contributed by atoms with Gasteiger partial charge in [-0.1, -0.05) is 12.7 Å². The van der Waals surface area contributed by atoms with Crippen LogP contribution in [0.1, 0.15) is 0 Å². The SMILES string of the molecule is C=CC=NC(=N)N(C)CCNC. The molecule has 0 heterocycles. The number of likely N-dealkylation sites (N-methyl/N-ethyl adjacent to an activating group) is 2. The van der Waals surface area contributed by atoms with Crippen molar-refractivity contribution in [2.45, 2.75) is 0 Å². The summed E-state index contributed by atoms with van der Waals surface area (Å²) in [6, 6.07) is 0. The Morgan fingerprint density at radius 2 is 2.42 bits per heavy atom. The molecule has 0 atom stereocenters. The van der Waals surface area contributed by atoms with Gasteiger partial charge in [0.2, 0.25) is 5.96 Å². The molecule has 12 heavy (non-hydrogen) atoms. The molecular weight excluding hydrogens is 152 g/mol. The molecule has 0 amide bonds. The van der Waals surface area contributed by atoms with E-state index in [4.69, 9.17) is 5.41 Å². The van der Waals surface area contributed by atoms with Crippen LogP contribution < -0.4 is 5.32 Å². The van der Waals surface area contributed by atoms with Crippen LogP contribution in [0.5, 0.6) is 0 Å². The van der Waals surface area contributed by atoms with E-state index in [2.05, 4.69) is 16.9 Å². The Bertz CT molecular complexity index is 174. The van der Waals surface area contributed by atoms with Gasteiger partial charge in [-0.2, -0.15) is 0 Å². The van der Waals surface area contributed by atoms with Gasteiger partial charge in [0.25, 0.3) is 0 Å². The molecule has 2 N–H and O–H groups in total. The van der Waals surface area contributed by atoms with Crippen molar-refractivity contribution in [3.05, 3.63) is 12.7 Å². The number of hydrogen-bond acceptors (Lipinski definition) is 2. The van der Waals surface area contributed by atoms with E-state index in [1.807, 2.05) is 14.1 Å². The lowest BCUT2D eigenvalue weighted by Gasteiger charge is -2.15. The molecule has 0 aliphatic carbocycles. The van der Waals surface area contributed by atoms with Crippen molar-refractivity contribution in [3.63, 3.8) is 0 Å². The summed E-state index contributed by atoms with van der Waals surface area (Å²) in [6.45, 7) is 5.11. The largest absolute Gasteiger partial charge is 0.343 e. The minimum absolute atomic E-state index is 0.255. The highest BCUT2D eigenvalue weighted by molar-refractivity contribution is 5.88. The molecule has 68 valence electrons. The smallest absolute Gasteiger partial charge is 0.217 e. The molecule has 0 aromatic rings. The van der Waals surface area contributed by atoms with Crippen molar-refractivity contribution >= 4 is 12.2 Å².